The summed E-state index contributed by atoms with van der Waals surface area (Å²) in [6.45, 7) is 1.80. The summed E-state index contributed by atoms with van der Waals surface area (Å²) in [7, 11) is 0. The normalized spacial score (nSPS) is 10.1. The Balaban J connectivity index is 2.46. The maximum absolute atomic E-state index is 11.1. The summed E-state index contributed by atoms with van der Waals surface area (Å²) in [5, 5.41) is 9.13. The van der Waals surface area contributed by atoms with Crippen LogP contribution in [-0.4, -0.2) is 16.1 Å². The summed E-state index contributed by atoms with van der Waals surface area (Å²) >= 11 is 3.30. The van der Waals surface area contributed by atoms with Crippen LogP contribution < -0.4 is 4.74 Å². The number of aromatic carboxylic acids is 1. The van der Waals surface area contributed by atoms with Crippen molar-refractivity contribution in [1.29, 1.82) is 0 Å². The van der Waals surface area contributed by atoms with E-state index in [-0.39, 0.29) is 5.56 Å². The second kappa shape index (κ2) is 5.18. The van der Waals surface area contributed by atoms with Crippen LogP contribution in [0.2, 0.25) is 0 Å². The van der Waals surface area contributed by atoms with Crippen molar-refractivity contribution in [2.75, 3.05) is 0 Å². The first kappa shape index (κ1) is 12.6. The fourth-order valence-electron chi connectivity index (χ4n) is 1.51. The molecule has 1 heterocycles. The van der Waals surface area contributed by atoms with Crippen LogP contribution in [0.3, 0.4) is 0 Å². The fraction of sp³-hybridized carbons (Fsp3) is 0.0769. The lowest BCUT2D eigenvalue weighted by Crippen LogP contribution is -2.01. The summed E-state index contributed by atoms with van der Waals surface area (Å²) in [4.78, 5) is 15.1. The highest BCUT2D eigenvalue weighted by atomic mass is 79.9. The Bertz CT molecular complexity index is 599. The lowest BCUT2D eigenvalue weighted by molar-refractivity contribution is 0.0694. The van der Waals surface area contributed by atoms with Gasteiger partial charge in [-0.3, -0.25) is 4.98 Å². The molecule has 4 nitrogen and oxygen atoms in total. The second-order valence-electron chi connectivity index (χ2n) is 3.66. The number of benzene rings is 1. The molecule has 1 aromatic heterocycles. The minimum atomic E-state index is -1.01. The average Bonchev–Trinajstić information content (AvgIpc) is 2.34. The monoisotopic (exact) mass is 307 g/mol. The molecule has 0 atom stereocenters. The van der Waals surface area contributed by atoms with Gasteiger partial charge in [-0.1, -0.05) is 12.1 Å². The van der Waals surface area contributed by atoms with Crippen LogP contribution in [0.5, 0.6) is 11.5 Å². The van der Waals surface area contributed by atoms with Gasteiger partial charge in [0.2, 0.25) is 0 Å². The van der Waals surface area contributed by atoms with Gasteiger partial charge in [0.15, 0.2) is 0 Å². The second-order valence-corrected chi connectivity index (χ2v) is 4.52. The Labute approximate surface area is 112 Å². The van der Waals surface area contributed by atoms with Gasteiger partial charge >= 0.3 is 5.97 Å². The molecule has 2 rings (SSSR count). The first-order chi connectivity index (χ1) is 8.59. The van der Waals surface area contributed by atoms with Crippen molar-refractivity contribution in [3.8, 4) is 11.5 Å². The molecule has 1 aromatic carbocycles. The zero-order valence-corrected chi connectivity index (χ0v) is 11.1. The Morgan fingerprint density at radius 1 is 1.39 bits per heavy atom. The van der Waals surface area contributed by atoms with Gasteiger partial charge < -0.3 is 9.84 Å². The highest BCUT2D eigenvalue weighted by molar-refractivity contribution is 9.10. The molecule has 18 heavy (non-hydrogen) atoms. The van der Waals surface area contributed by atoms with Crippen LogP contribution in [0, 0.1) is 6.92 Å². The number of hydrogen-bond acceptors (Lipinski definition) is 3. The van der Waals surface area contributed by atoms with Crippen LogP contribution in [0.25, 0.3) is 0 Å². The van der Waals surface area contributed by atoms with Crippen molar-refractivity contribution in [2.24, 2.45) is 0 Å². The third-order valence-corrected chi connectivity index (χ3v) is 2.99. The first-order valence-electron chi connectivity index (χ1n) is 5.20. The number of aromatic nitrogens is 1. The summed E-state index contributed by atoms with van der Waals surface area (Å²) in [5.41, 5.74) is 0.900. The predicted octanol–water partition coefficient (Wildman–Crippen LogP) is 3.64. The van der Waals surface area contributed by atoms with E-state index in [1.54, 1.807) is 37.5 Å². The van der Waals surface area contributed by atoms with Crippen molar-refractivity contribution < 1.29 is 14.6 Å². The van der Waals surface area contributed by atoms with Gasteiger partial charge in [0.1, 0.15) is 17.1 Å². The van der Waals surface area contributed by atoms with Crippen molar-refractivity contribution in [1.82, 2.24) is 4.98 Å². The third kappa shape index (κ3) is 2.51. The molecule has 0 aliphatic heterocycles. The van der Waals surface area contributed by atoms with Gasteiger partial charge in [-0.2, -0.15) is 0 Å². The van der Waals surface area contributed by atoms with E-state index in [2.05, 4.69) is 20.9 Å². The number of carboxylic acids is 1. The number of halogens is 1. The van der Waals surface area contributed by atoms with Crippen LogP contribution in [0.1, 0.15) is 15.9 Å². The van der Waals surface area contributed by atoms with E-state index in [0.29, 0.717) is 16.0 Å². The SMILES string of the molecule is Cc1cccc(C(=O)O)c1Oc1ccncc1Br. The third-order valence-electron chi connectivity index (χ3n) is 2.39. The minimum absolute atomic E-state index is 0.138. The summed E-state index contributed by atoms with van der Waals surface area (Å²) in [5.74, 6) is -0.141. The molecule has 0 saturated carbocycles. The molecule has 0 fully saturated rings. The Morgan fingerprint density at radius 2 is 2.17 bits per heavy atom. The van der Waals surface area contributed by atoms with Gasteiger partial charge in [0, 0.05) is 18.5 Å². The van der Waals surface area contributed by atoms with Gasteiger partial charge in [0.25, 0.3) is 0 Å². The molecule has 0 amide bonds. The summed E-state index contributed by atoms with van der Waals surface area (Å²) in [6.07, 6.45) is 3.17. The van der Waals surface area contributed by atoms with E-state index in [0.717, 1.165) is 5.56 Å². The standard InChI is InChI=1S/C13H10BrNO3/c1-8-3-2-4-9(13(16)17)12(8)18-11-5-6-15-7-10(11)14/h2-7H,1H3,(H,16,17). The maximum atomic E-state index is 11.1. The number of ether oxygens (including phenoxy) is 1. The highest BCUT2D eigenvalue weighted by Crippen LogP contribution is 2.32. The van der Waals surface area contributed by atoms with Crippen molar-refractivity contribution in [3.05, 3.63) is 52.3 Å². The number of hydrogen-bond donors (Lipinski definition) is 1. The van der Waals surface area contributed by atoms with Gasteiger partial charge in [-0.25, -0.2) is 4.79 Å². The number of rotatable bonds is 3. The summed E-state index contributed by atoms with van der Waals surface area (Å²) < 4.78 is 6.34. The molecular weight excluding hydrogens is 298 g/mol. The first-order valence-corrected chi connectivity index (χ1v) is 5.99. The molecule has 1 N–H and O–H groups in total. The quantitative estimate of drug-likeness (QED) is 0.940. The molecule has 0 aliphatic rings. The number of carbonyl (C=O) groups is 1. The molecule has 0 bridgehead atoms. The van der Waals surface area contributed by atoms with E-state index in [9.17, 15) is 4.79 Å². The number of aryl methyl sites for hydroxylation is 1. The molecule has 0 unspecified atom stereocenters. The zero-order valence-electron chi connectivity index (χ0n) is 9.55. The van der Waals surface area contributed by atoms with E-state index in [4.69, 9.17) is 9.84 Å². The largest absolute Gasteiger partial charge is 0.478 e. The highest BCUT2D eigenvalue weighted by Gasteiger charge is 2.15. The molecule has 2 aromatic rings. The number of para-hydroxylation sites is 1. The minimum Gasteiger partial charge on any atom is -0.478 e. The van der Waals surface area contributed by atoms with E-state index < -0.39 is 5.97 Å². The van der Waals surface area contributed by atoms with Gasteiger partial charge in [-0.15, -0.1) is 0 Å². The van der Waals surface area contributed by atoms with E-state index in [1.165, 1.54) is 6.07 Å². The van der Waals surface area contributed by atoms with Crippen molar-refractivity contribution in [2.45, 2.75) is 6.92 Å². The number of carboxylic acid groups (broad SMARTS) is 1. The molecule has 0 aliphatic carbocycles. The van der Waals surface area contributed by atoms with Crippen LogP contribution in [0.4, 0.5) is 0 Å². The Kier molecular flexibility index (Phi) is 3.62. The number of pyridine rings is 1. The molecule has 92 valence electrons. The molecule has 0 spiro atoms. The van der Waals surface area contributed by atoms with Gasteiger partial charge in [-0.05, 0) is 34.5 Å². The lowest BCUT2D eigenvalue weighted by atomic mass is 10.1. The van der Waals surface area contributed by atoms with Crippen molar-refractivity contribution >= 4 is 21.9 Å². The Morgan fingerprint density at radius 3 is 2.83 bits per heavy atom. The maximum Gasteiger partial charge on any atom is 0.339 e. The average molecular weight is 308 g/mol. The van der Waals surface area contributed by atoms with E-state index >= 15 is 0 Å². The Hall–Kier alpha value is -1.88. The van der Waals surface area contributed by atoms with E-state index in [1.807, 2.05) is 0 Å². The fourth-order valence-corrected chi connectivity index (χ4v) is 1.84. The molecular formula is C13H10BrNO3. The zero-order chi connectivity index (χ0) is 13.1. The topological polar surface area (TPSA) is 59.4 Å². The summed E-state index contributed by atoms with van der Waals surface area (Å²) in [6, 6.07) is 6.67. The van der Waals surface area contributed by atoms with Gasteiger partial charge in [0.05, 0.1) is 4.47 Å². The van der Waals surface area contributed by atoms with Crippen LogP contribution in [0.15, 0.2) is 41.1 Å². The molecule has 0 radical (unpaired) electrons. The predicted molar refractivity (Wildman–Crippen MR) is 70.1 cm³/mol. The molecule has 5 heteroatoms. The van der Waals surface area contributed by atoms with Crippen molar-refractivity contribution in [3.63, 3.8) is 0 Å². The van der Waals surface area contributed by atoms with Crippen LogP contribution >= 0.6 is 15.9 Å². The molecule has 0 saturated heterocycles. The smallest absolute Gasteiger partial charge is 0.339 e. The number of nitrogens with zero attached hydrogens (tertiary/aromatic N) is 1. The van der Waals surface area contributed by atoms with Crippen LogP contribution in [-0.2, 0) is 0 Å². The lowest BCUT2D eigenvalue weighted by Gasteiger charge is -2.12.